The van der Waals surface area contributed by atoms with E-state index in [-0.39, 0.29) is 12.0 Å². The number of carbonyl (C=O) groups is 1. The van der Waals surface area contributed by atoms with Crippen LogP contribution in [0.4, 0.5) is 0 Å². The van der Waals surface area contributed by atoms with Crippen LogP contribution in [0.5, 0.6) is 0 Å². The first kappa shape index (κ1) is 12.7. The first-order chi connectivity index (χ1) is 7.09. The Hall–Kier alpha value is -0.410. The van der Waals surface area contributed by atoms with Crippen molar-refractivity contribution in [3.63, 3.8) is 0 Å². The quantitative estimate of drug-likeness (QED) is 0.703. The highest BCUT2D eigenvalue weighted by molar-refractivity contribution is 5.58. The lowest BCUT2D eigenvalue weighted by molar-refractivity contribution is -0.116. The van der Waals surface area contributed by atoms with Gasteiger partial charge in [0.2, 0.25) is 0 Å². The molecule has 0 aliphatic carbocycles. The summed E-state index contributed by atoms with van der Waals surface area (Å²) < 4.78 is 0. The summed E-state index contributed by atoms with van der Waals surface area (Å²) in [6, 6.07) is 0.475. The molecule has 0 aromatic carbocycles. The van der Waals surface area contributed by atoms with E-state index in [1.54, 1.807) is 0 Å². The molecule has 1 atom stereocenters. The molecular weight excluding hydrogens is 190 g/mol. The minimum absolute atomic E-state index is 0.253. The third-order valence-electron chi connectivity index (χ3n) is 3.14. The van der Waals surface area contributed by atoms with Crippen molar-refractivity contribution in [1.29, 1.82) is 0 Å². The van der Waals surface area contributed by atoms with E-state index >= 15 is 0 Å². The Balaban J connectivity index is 2.52. The van der Waals surface area contributed by atoms with Crippen LogP contribution in [0.25, 0.3) is 0 Å². The largest absolute Gasteiger partial charge is 0.396 e. The molecule has 1 aliphatic heterocycles. The van der Waals surface area contributed by atoms with Crippen molar-refractivity contribution in [3.05, 3.63) is 0 Å². The number of rotatable bonds is 5. The van der Waals surface area contributed by atoms with E-state index in [9.17, 15) is 4.79 Å². The summed E-state index contributed by atoms with van der Waals surface area (Å²) in [5, 5.41) is 9.00. The van der Waals surface area contributed by atoms with Gasteiger partial charge in [0.15, 0.2) is 0 Å². The van der Waals surface area contributed by atoms with E-state index in [1.165, 1.54) is 12.8 Å². The van der Waals surface area contributed by atoms with Gasteiger partial charge in [0.05, 0.1) is 0 Å². The summed E-state index contributed by atoms with van der Waals surface area (Å²) in [6.07, 6.45) is 5.52. The molecule has 15 heavy (non-hydrogen) atoms. The first-order valence-electron chi connectivity index (χ1n) is 5.90. The predicted octanol–water partition coefficient (Wildman–Crippen LogP) is 1.45. The van der Waals surface area contributed by atoms with E-state index in [4.69, 9.17) is 5.11 Å². The maximum absolute atomic E-state index is 10.9. The van der Waals surface area contributed by atoms with E-state index in [0.29, 0.717) is 6.04 Å². The smallest absolute Gasteiger partial charge is 0.126 e. The van der Waals surface area contributed by atoms with E-state index in [2.05, 4.69) is 4.90 Å². The zero-order valence-electron chi connectivity index (χ0n) is 9.91. The number of hydrogen-bond acceptors (Lipinski definition) is 3. The van der Waals surface area contributed by atoms with E-state index in [0.717, 1.165) is 32.2 Å². The number of nitrogens with zero attached hydrogens (tertiary/aromatic N) is 1. The van der Waals surface area contributed by atoms with Crippen molar-refractivity contribution < 1.29 is 9.90 Å². The fraction of sp³-hybridized carbons (Fsp3) is 0.917. The van der Waals surface area contributed by atoms with Crippen molar-refractivity contribution in [2.75, 3.05) is 19.7 Å². The van der Waals surface area contributed by atoms with Gasteiger partial charge in [-0.25, -0.2) is 0 Å². The van der Waals surface area contributed by atoms with Crippen molar-refractivity contribution in [2.45, 2.75) is 45.6 Å². The van der Waals surface area contributed by atoms with Gasteiger partial charge in [-0.2, -0.15) is 0 Å². The average molecular weight is 213 g/mol. The predicted molar refractivity (Wildman–Crippen MR) is 60.8 cm³/mol. The Morgan fingerprint density at radius 1 is 1.47 bits per heavy atom. The number of aliphatic hydroxyl groups excluding tert-OH is 1. The molecule has 0 aromatic rings. The fourth-order valence-electron chi connectivity index (χ4n) is 2.30. The van der Waals surface area contributed by atoms with Gasteiger partial charge in [-0.3, -0.25) is 4.90 Å². The monoisotopic (exact) mass is 213 g/mol. The van der Waals surface area contributed by atoms with Crippen molar-refractivity contribution >= 4 is 6.29 Å². The second kappa shape index (κ2) is 5.61. The number of hydrogen-bond donors (Lipinski definition) is 1. The van der Waals surface area contributed by atoms with Crippen LogP contribution >= 0.6 is 0 Å². The Morgan fingerprint density at radius 2 is 2.20 bits per heavy atom. The molecule has 0 radical (unpaired) electrons. The van der Waals surface area contributed by atoms with E-state index < -0.39 is 0 Å². The third-order valence-corrected chi connectivity index (χ3v) is 3.14. The molecule has 88 valence electrons. The number of carbonyl (C=O) groups excluding carboxylic acids is 1. The molecule has 3 nitrogen and oxygen atoms in total. The Morgan fingerprint density at radius 3 is 2.80 bits per heavy atom. The molecule has 1 N–H and O–H groups in total. The highest BCUT2D eigenvalue weighted by Crippen LogP contribution is 2.23. The number of piperidine rings is 1. The van der Waals surface area contributed by atoms with Crippen LogP contribution in [0.1, 0.15) is 39.5 Å². The van der Waals surface area contributed by atoms with Gasteiger partial charge in [-0.15, -0.1) is 0 Å². The minimum atomic E-state index is -0.259. The average Bonchev–Trinajstić information content (AvgIpc) is 2.21. The van der Waals surface area contributed by atoms with Crippen LogP contribution in [-0.4, -0.2) is 42.0 Å². The maximum atomic E-state index is 10.9. The van der Waals surface area contributed by atoms with Crippen molar-refractivity contribution in [2.24, 2.45) is 5.41 Å². The molecule has 3 heteroatoms. The molecule has 0 spiro atoms. The summed E-state index contributed by atoms with van der Waals surface area (Å²) in [6.45, 7) is 6.10. The van der Waals surface area contributed by atoms with Crippen LogP contribution in [0.15, 0.2) is 0 Å². The van der Waals surface area contributed by atoms with E-state index in [1.807, 2.05) is 13.8 Å². The van der Waals surface area contributed by atoms with Crippen molar-refractivity contribution in [3.8, 4) is 0 Å². The van der Waals surface area contributed by atoms with Crippen LogP contribution in [0.2, 0.25) is 0 Å². The summed E-state index contributed by atoms with van der Waals surface area (Å²) in [5.74, 6) is 0. The van der Waals surface area contributed by atoms with Crippen LogP contribution in [0.3, 0.4) is 0 Å². The molecule has 0 saturated carbocycles. The molecule has 0 bridgehead atoms. The molecule has 0 amide bonds. The summed E-state index contributed by atoms with van der Waals surface area (Å²) in [7, 11) is 0. The summed E-state index contributed by atoms with van der Waals surface area (Å²) >= 11 is 0. The zero-order valence-corrected chi connectivity index (χ0v) is 9.91. The highest BCUT2D eigenvalue weighted by Gasteiger charge is 2.27. The molecule has 1 saturated heterocycles. The molecule has 0 aromatic heterocycles. The van der Waals surface area contributed by atoms with Gasteiger partial charge in [-0.1, -0.05) is 20.3 Å². The minimum Gasteiger partial charge on any atom is -0.396 e. The van der Waals surface area contributed by atoms with Gasteiger partial charge in [-0.05, 0) is 25.8 Å². The lowest BCUT2D eigenvalue weighted by Crippen LogP contribution is -2.45. The maximum Gasteiger partial charge on any atom is 0.126 e. The van der Waals surface area contributed by atoms with Gasteiger partial charge in [0.25, 0.3) is 0 Å². The fourth-order valence-corrected chi connectivity index (χ4v) is 2.30. The van der Waals surface area contributed by atoms with Gasteiger partial charge >= 0.3 is 0 Å². The molecule has 1 heterocycles. The normalized spacial score (nSPS) is 24.1. The Kier molecular flexibility index (Phi) is 4.74. The zero-order chi connectivity index (χ0) is 11.3. The molecule has 1 fully saturated rings. The summed E-state index contributed by atoms with van der Waals surface area (Å²) in [4.78, 5) is 13.3. The second-order valence-corrected chi connectivity index (χ2v) is 5.24. The molecule has 1 aliphatic rings. The topological polar surface area (TPSA) is 40.5 Å². The van der Waals surface area contributed by atoms with Crippen LogP contribution in [0, 0.1) is 5.41 Å². The third kappa shape index (κ3) is 3.92. The number of likely N-dealkylation sites (tertiary alicyclic amines) is 1. The first-order valence-corrected chi connectivity index (χ1v) is 5.90. The van der Waals surface area contributed by atoms with Crippen LogP contribution < -0.4 is 0 Å². The number of aliphatic hydroxyl groups is 1. The second-order valence-electron chi connectivity index (χ2n) is 5.24. The summed E-state index contributed by atoms with van der Waals surface area (Å²) in [5.41, 5.74) is -0.259. The molecular formula is C12H23NO2. The standard InChI is InChI=1S/C12H23NO2/c1-12(2,10-15)9-13-7-4-3-5-11(13)6-8-14/h10-11,14H,3-9H2,1-2H3. The highest BCUT2D eigenvalue weighted by atomic mass is 16.3. The SMILES string of the molecule is CC(C)(C=O)CN1CCCCC1CCO. The lowest BCUT2D eigenvalue weighted by Gasteiger charge is -2.38. The van der Waals surface area contributed by atoms with Gasteiger partial charge in [0, 0.05) is 24.6 Å². The van der Waals surface area contributed by atoms with Gasteiger partial charge in [0.1, 0.15) is 6.29 Å². The van der Waals surface area contributed by atoms with Crippen molar-refractivity contribution in [1.82, 2.24) is 4.90 Å². The molecule has 1 rings (SSSR count). The Labute approximate surface area is 92.5 Å². The van der Waals surface area contributed by atoms with Crippen LogP contribution in [-0.2, 0) is 4.79 Å². The Bertz CT molecular complexity index is 202. The lowest BCUT2D eigenvalue weighted by atomic mass is 9.91. The molecule has 1 unspecified atom stereocenters. The number of aldehydes is 1. The van der Waals surface area contributed by atoms with Gasteiger partial charge < -0.3 is 9.90 Å².